The molecule has 140 valence electrons. The number of imide groups is 1. The third-order valence-corrected chi connectivity index (χ3v) is 5.38. The number of urea groups is 1. The Morgan fingerprint density at radius 2 is 2.04 bits per heavy atom. The Kier molecular flexibility index (Phi) is 5.15. The van der Waals surface area contributed by atoms with E-state index in [1.807, 2.05) is 0 Å². The highest BCUT2D eigenvalue weighted by atomic mass is 16.5. The van der Waals surface area contributed by atoms with Crippen LogP contribution in [0.2, 0.25) is 0 Å². The van der Waals surface area contributed by atoms with Crippen LogP contribution in [0.3, 0.4) is 0 Å². The van der Waals surface area contributed by atoms with Crippen molar-refractivity contribution >= 4 is 23.5 Å². The fourth-order valence-electron chi connectivity index (χ4n) is 3.86. The van der Waals surface area contributed by atoms with E-state index < -0.39 is 17.5 Å². The van der Waals surface area contributed by atoms with Crippen LogP contribution in [-0.4, -0.2) is 41.9 Å². The number of carbonyl (C=O) groups excluding carboxylic acids is 3. The molecule has 2 aliphatic rings. The first-order valence-corrected chi connectivity index (χ1v) is 9.02. The molecule has 3 rings (SSSR count). The first kappa shape index (κ1) is 18.2. The van der Waals surface area contributed by atoms with Gasteiger partial charge in [0.05, 0.1) is 7.11 Å². The van der Waals surface area contributed by atoms with Crippen LogP contribution in [0.4, 0.5) is 10.5 Å². The molecule has 4 amide bonds. The number of hydrogen-bond donors (Lipinski definition) is 2. The molecule has 2 N–H and O–H groups in total. The lowest BCUT2D eigenvalue weighted by molar-refractivity contribution is -0.135. The van der Waals surface area contributed by atoms with Gasteiger partial charge in [-0.1, -0.05) is 25.3 Å². The maximum atomic E-state index is 12.9. The number of carbonyl (C=O) groups is 3. The summed E-state index contributed by atoms with van der Waals surface area (Å²) in [7, 11) is 1.54. The second kappa shape index (κ2) is 7.35. The van der Waals surface area contributed by atoms with Crippen LogP contribution in [0, 0.1) is 5.92 Å². The fraction of sp³-hybridized carbons (Fsp3) is 0.526. The number of amides is 4. The highest BCUT2D eigenvalue weighted by Crippen LogP contribution is 2.36. The number of nitrogens with one attached hydrogen (secondary N) is 2. The highest BCUT2D eigenvalue weighted by molar-refractivity contribution is 6.10. The molecule has 1 atom stereocenters. The van der Waals surface area contributed by atoms with E-state index in [1.54, 1.807) is 38.3 Å². The zero-order valence-electron chi connectivity index (χ0n) is 15.2. The number of nitrogens with zero attached hydrogens (tertiary/aromatic N) is 1. The Hall–Kier alpha value is -2.57. The minimum atomic E-state index is -0.909. The van der Waals surface area contributed by atoms with Gasteiger partial charge < -0.3 is 15.4 Å². The molecule has 0 spiro atoms. The molecule has 1 aromatic rings. The summed E-state index contributed by atoms with van der Waals surface area (Å²) in [6.45, 7) is 1.48. The summed E-state index contributed by atoms with van der Waals surface area (Å²) in [5.74, 6) is 0.00616. The van der Waals surface area contributed by atoms with Crippen LogP contribution in [0.1, 0.15) is 39.0 Å². The van der Waals surface area contributed by atoms with Gasteiger partial charge in [-0.2, -0.15) is 0 Å². The minimum absolute atomic E-state index is 0.124. The molecular formula is C19H25N3O4. The lowest BCUT2D eigenvalue weighted by Gasteiger charge is -2.34. The Labute approximate surface area is 153 Å². The zero-order valence-corrected chi connectivity index (χ0v) is 15.2. The summed E-state index contributed by atoms with van der Waals surface area (Å²) < 4.78 is 5.12. The molecule has 7 nitrogen and oxygen atoms in total. The number of benzene rings is 1. The largest absolute Gasteiger partial charge is 0.497 e. The SMILES string of the molecule is COc1cccc(NC(=O)CN2C(=O)N[C@@](C)(C3CCCCC3)C2=O)c1. The molecule has 0 unspecified atom stereocenters. The van der Waals surface area contributed by atoms with E-state index in [4.69, 9.17) is 4.74 Å². The average Bonchev–Trinajstić information content (AvgIpc) is 2.87. The molecule has 2 fully saturated rings. The van der Waals surface area contributed by atoms with Crippen molar-refractivity contribution < 1.29 is 19.1 Å². The van der Waals surface area contributed by atoms with Crippen LogP contribution in [0.15, 0.2) is 24.3 Å². The molecule has 0 bridgehead atoms. The number of hydrogen-bond acceptors (Lipinski definition) is 4. The minimum Gasteiger partial charge on any atom is -0.497 e. The van der Waals surface area contributed by atoms with Gasteiger partial charge in [-0.05, 0) is 37.8 Å². The topological polar surface area (TPSA) is 87.7 Å². The van der Waals surface area contributed by atoms with Crippen LogP contribution in [0.25, 0.3) is 0 Å². The van der Waals surface area contributed by atoms with Gasteiger partial charge in [0.1, 0.15) is 17.8 Å². The Morgan fingerprint density at radius 3 is 2.73 bits per heavy atom. The smallest absolute Gasteiger partial charge is 0.325 e. The van der Waals surface area contributed by atoms with Gasteiger partial charge in [-0.3, -0.25) is 14.5 Å². The van der Waals surface area contributed by atoms with Gasteiger partial charge in [0, 0.05) is 11.8 Å². The van der Waals surface area contributed by atoms with Crippen molar-refractivity contribution in [3.8, 4) is 5.75 Å². The summed E-state index contributed by atoms with van der Waals surface area (Å²) >= 11 is 0. The Balaban J connectivity index is 1.66. The fourth-order valence-corrected chi connectivity index (χ4v) is 3.86. The molecular weight excluding hydrogens is 334 g/mol. The summed E-state index contributed by atoms with van der Waals surface area (Å²) in [4.78, 5) is 38.5. The maximum Gasteiger partial charge on any atom is 0.325 e. The summed E-state index contributed by atoms with van der Waals surface area (Å²) in [5.41, 5.74) is -0.357. The van der Waals surface area contributed by atoms with E-state index in [2.05, 4.69) is 10.6 Å². The van der Waals surface area contributed by atoms with E-state index in [-0.39, 0.29) is 18.4 Å². The van der Waals surface area contributed by atoms with Crippen molar-refractivity contribution in [2.75, 3.05) is 19.0 Å². The summed E-state index contributed by atoms with van der Waals surface area (Å²) in [6, 6.07) is 6.42. The van der Waals surface area contributed by atoms with Crippen LogP contribution in [-0.2, 0) is 9.59 Å². The lowest BCUT2D eigenvalue weighted by atomic mass is 9.75. The molecule has 0 aromatic heterocycles. The second-order valence-corrected chi connectivity index (χ2v) is 7.14. The van der Waals surface area contributed by atoms with Crippen LogP contribution in [0.5, 0.6) is 5.75 Å². The first-order chi connectivity index (χ1) is 12.4. The maximum absolute atomic E-state index is 12.9. The summed E-state index contributed by atoms with van der Waals surface area (Å²) in [6.07, 6.45) is 5.15. The Morgan fingerprint density at radius 1 is 1.31 bits per heavy atom. The van der Waals surface area contributed by atoms with Crippen LogP contribution < -0.4 is 15.4 Å². The quantitative estimate of drug-likeness (QED) is 0.791. The predicted octanol–water partition coefficient (Wildman–Crippen LogP) is 2.52. The Bertz CT molecular complexity index is 714. The molecule has 1 heterocycles. The lowest BCUT2D eigenvalue weighted by Crippen LogP contribution is -2.51. The van der Waals surface area contributed by atoms with E-state index in [0.717, 1.165) is 30.6 Å². The molecule has 1 aliphatic heterocycles. The van der Waals surface area contributed by atoms with Gasteiger partial charge in [-0.25, -0.2) is 4.79 Å². The van der Waals surface area contributed by atoms with E-state index in [1.165, 1.54) is 6.42 Å². The third-order valence-electron chi connectivity index (χ3n) is 5.38. The second-order valence-electron chi connectivity index (χ2n) is 7.14. The van der Waals surface area contributed by atoms with E-state index >= 15 is 0 Å². The molecule has 7 heteroatoms. The highest BCUT2D eigenvalue weighted by Gasteiger charge is 2.52. The van der Waals surface area contributed by atoms with Gasteiger partial charge in [-0.15, -0.1) is 0 Å². The van der Waals surface area contributed by atoms with Crippen molar-refractivity contribution in [2.45, 2.75) is 44.6 Å². The third kappa shape index (κ3) is 3.52. The van der Waals surface area contributed by atoms with Crippen molar-refractivity contribution in [3.63, 3.8) is 0 Å². The van der Waals surface area contributed by atoms with E-state index in [0.29, 0.717) is 11.4 Å². The zero-order chi connectivity index (χ0) is 18.7. The normalized spacial score (nSPS) is 23.7. The van der Waals surface area contributed by atoms with Gasteiger partial charge in [0.15, 0.2) is 0 Å². The van der Waals surface area contributed by atoms with Crippen molar-refractivity contribution in [2.24, 2.45) is 5.92 Å². The predicted molar refractivity (Wildman–Crippen MR) is 96.8 cm³/mol. The average molecular weight is 359 g/mol. The standard InChI is InChI=1S/C19H25N3O4/c1-19(13-7-4-3-5-8-13)17(24)22(18(25)21-19)12-16(23)20-14-9-6-10-15(11-14)26-2/h6,9-11,13H,3-5,7-8,12H2,1-2H3,(H,20,23)(H,21,25)/t19-/m0/s1. The monoisotopic (exact) mass is 359 g/mol. The number of anilines is 1. The number of methoxy groups -OCH3 is 1. The number of rotatable bonds is 5. The van der Waals surface area contributed by atoms with Crippen molar-refractivity contribution in [1.82, 2.24) is 10.2 Å². The van der Waals surface area contributed by atoms with Crippen molar-refractivity contribution in [3.05, 3.63) is 24.3 Å². The molecule has 1 aromatic carbocycles. The summed E-state index contributed by atoms with van der Waals surface area (Å²) in [5, 5.41) is 5.52. The first-order valence-electron chi connectivity index (χ1n) is 9.02. The van der Waals surface area contributed by atoms with Crippen molar-refractivity contribution in [1.29, 1.82) is 0 Å². The molecule has 1 aliphatic carbocycles. The molecule has 1 saturated carbocycles. The molecule has 0 radical (unpaired) electrons. The molecule has 26 heavy (non-hydrogen) atoms. The van der Waals surface area contributed by atoms with E-state index in [9.17, 15) is 14.4 Å². The number of ether oxygens (including phenoxy) is 1. The van der Waals surface area contributed by atoms with Crippen LogP contribution >= 0.6 is 0 Å². The molecule has 1 saturated heterocycles. The van der Waals surface area contributed by atoms with Gasteiger partial charge in [0.25, 0.3) is 5.91 Å². The van der Waals surface area contributed by atoms with Gasteiger partial charge in [0.2, 0.25) is 5.91 Å². The van der Waals surface area contributed by atoms with Gasteiger partial charge >= 0.3 is 6.03 Å².